The number of carbonyl (C=O) groups is 1. The van der Waals surface area contributed by atoms with Gasteiger partial charge in [-0.3, -0.25) is 0 Å². The Balaban J connectivity index is 2.06. The second-order valence-corrected chi connectivity index (χ2v) is 6.35. The Morgan fingerprint density at radius 3 is 2.04 bits per heavy atom. The van der Waals surface area contributed by atoms with Crippen molar-refractivity contribution in [1.29, 1.82) is 0 Å². The van der Waals surface area contributed by atoms with Crippen molar-refractivity contribution in [2.24, 2.45) is 0 Å². The predicted molar refractivity (Wildman–Crippen MR) is 111 cm³/mol. The molecule has 0 aliphatic heterocycles. The van der Waals surface area contributed by atoms with Gasteiger partial charge in [-0.2, -0.15) is 0 Å². The smallest absolute Gasteiger partial charge is 0.336 e. The van der Waals surface area contributed by atoms with Gasteiger partial charge in [-0.15, -0.1) is 0 Å². The van der Waals surface area contributed by atoms with Crippen LogP contribution < -0.4 is 0 Å². The highest BCUT2D eigenvalue weighted by molar-refractivity contribution is 6.26. The fourth-order valence-electron chi connectivity index (χ4n) is 3.38. The second-order valence-electron chi connectivity index (χ2n) is 6.35. The molecular weight excluding hydrogens is 332 g/mol. The first-order chi connectivity index (χ1) is 13.2. The van der Waals surface area contributed by atoms with Crippen LogP contribution in [-0.2, 0) is 4.79 Å². The van der Waals surface area contributed by atoms with Crippen molar-refractivity contribution in [2.75, 3.05) is 0 Å². The summed E-state index contributed by atoms with van der Waals surface area (Å²) in [6.07, 6.45) is 1.75. The van der Waals surface area contributed by atoms with E-state index in [1.165, 1.54) is 0 Å². The fourth-order valence-corrected chi connectivity index (χ4v) is 3.38. The third kappa shape index (κ3) is 3.38. The van der Waals surface area contributed by atoms with Crippen molar-refractivity contribution in [2.45, 2.75) is 0 Å². The topological polar surface area (TPSA) is 37.3 Å². The molecule has 0 amide bonds. The Hall–Kier alpha value is -3.65. The maximum atomic E-state index is 12.3. The molecule has 0 fully saturated rings. The lowest BCUT2D eigenvalue weighted by Crippen LogP contribution is -2.02. The minimum absolute atomic E-state index is 0.289. The Morgan fingerprint density at radius 2 is 1.33 bits per heavy atom. The second kappa shape index (κ2) is 7.30. The average Bonchev–Trinajstić information content (AvgIpc) is 2.72. The van der Waals surface area contributed by atoms with Gasteiger partial charge in [-0.05, 0) is 33.5 Å². The Bertz CT molecular complexity index is 1130. The van der Waals surface area contributed by atoms with Crippen LogP contribution in [0, 0.1) is 0 Å². The van der Waals surface area contributed by atoms with Crippen LogP contribution in [0.25, 0.3) is 33.5 Å². The Morgan fingerprint density at radius 1 is 0.704 bits per heavy atom. The molecule has 0 atom stereocenters. The summed E-state index contributed by atoms with van der Waals surface area (Å²) in [6, 6.07) is 31.4. The molecule has 0 saturated heterocycles. The molecule has 4 aromatic rings. The molecule has 0 aliphatic rings. The lowest BCUT2D eigenvalue weighted by Gasteiger charge is -2.15. The molecule has 2 nitrogen and oxygen atoms in total. The van der Waals surface area contributed by atoms with Gasteiger partial charge < -0.3 is 5.11 Å². The number of carboxylic acid groups (broad SMARTS) is 1. The number of aliphatic carboxylic acids is 1. The van der Waals surface area contributed by atoms with Crippen molar-refractivity contribution < 1.29 is 9.90 Å². The maximum Gasteiger partial charge on any atom is 0.336 e. The highest BCUT2D eigenvalue weighted by Crippen LogP contribution is 2.36. The molecule has 0 aromatic heterocycles. The van der Waals surface area contributed by atoms with Gasteiger partial charge in [-0.1, -0.05) is 97.1 Å². The predicted octanol–water partition coefficient (Wildman–Crippen LogP) is 6.13. The van der Waals surface area contributed by atoms with Gasteiger partial charge in [0.25, 0.3) is 0 Å². The van der Waals surface area contributed by atoms with Crippen LogP contribution in [0.4, 0.5) is 0 Å². The molecule has 1 N–H and O–H groups in total. The molecule has 0 saturated carbocycles. The van der Waals surface area contributed by atoms with Crippen LogP contribution in [-0.4, -0.2) is 11.1 Å². The van der Waals surface area contributed by atoms with E-state index in [4.69, 9.17) is 0 Å². The highest BCUT2D eigenvalue weighted by atomic mass is 16.4. The van der Waals surface area contributed by atoms with Gasteiger partial charge in [0.05, 0.1) is 5.57 Å². The fraction of sp³-hybridized carbons (Fsp3) is 0. The summed E-state index contributed by atoms with van der Waals surface area (Å²) in [5, 5.41) is 12.0. The van der Waals surface area contributed by atoms with Crippen LogP contribution in [0.3, 0.4) is 0 Å². The van der Waals surface area contributed by atoms with E-state index in [9.17, 15) is 9.90 Å². The van der Waals surface area contributed by atoms with E-state index in [2.05, 4.69) is 0 Å². The number of benzene rings is 4. The zero-order valence-electron chi connectivity index (χ0n) is 14.7. The number of hydrogen-bond acceptors (Lipinski definition) is 1. The van der Waals surface area contributed by atoms with Crippen LogP contribution in [0.1, 0.15) is 11.1 Å². The van der Waals surface area contributed by atoms with Gasteiger partial charge in [0, 0.05) is 5.56 Å². The van der Waals surface area contributed by atoms with Crippen LogP contribution in [0.5, 0.6) is 0 Å². The lowest BCUT2D eigenvalue weighted by atomic mass is 9.89. The van der Waals surface area contributed by atoms with Gasteiger partial charge in [0.2, 0.25) is 0 Å². The number of fused-ring (bicyclic) bond motifs is 1. The molecule has 27 heavy (non-hydrogen) atoms. The highest BCUT2D eigenvalue weighted by Gasteiger charge is 2.19. The van der Waals surface area contributed by atoms with Crippen molar-refractivity contribution in [3.05, 3.63) is 108 Å². The summed E-state index contributed by atoms with van der Waals surface area (Å²) < 4.78 is 0. The monoisotopic (exact) mass is 350 g/mol. The molecule has 130 valence electrons. The molecule has 0 heterocycles. The molecular formula is C25H18O2. The quantitative estimate of drug-likeness (QED) is 0.355. The van der Waals surface area contributed by atoms with Crippen molar-refractivity contribution in [3.63, 3.8) is 0 Å². The first kappa shape index (κ1) is 16.8. The number of carboxylic acids is 1. The normalized spacial score (nSPS) is 11.5. The Labute approximate surface area is 158 Å². The third-order valence-electron chi connectivity index (χ3n) is 4.62. The van der Waals surface area contributed by atoms with Gasteiger partial charge in [0.15, 0.2) is 0 Å². The van der Waals surface area contributed by atoms with E-state index in [-0.39, 0.29) is 5.57 Å². The summed E-state index contributed by atoms with van der Waals surface area (Å²) in [5.74, 6) is -0.938. The summed E-state index contributed by atoms with van der Waals surface area (Å²) in [6.45, 7) is 0. The van der Waals surface area contributed by atoms with Crippen molar-refractivity contribution >= 4 is 28.4 Å². The van der Waals surface area contributed by atoms with E-state index in [1.54, 1.807) is 6.08 Å². The average molecular weight is 350 g/mol. The summed E-state index contributed by atoms with van der Waals surface area (Å²) in [5.41, 5.74) is 3.81. The van der Waals surface area contributed by atoms with Crippen LogP contribution in [0.15, 0.2) is 97.1 Å². The molecule has 4 rings (SSSR count). The largest absolute Gasteiger partial charge is 0.478 e. The molecule has 0 radical (unpaired) electrons. The van der Waals surface area contributed by atoms with Crippen LogP contribution >= 0.6 is 0 Å². The van der Waals surface area contributed by atoms with Crippen molar-refractivity contribution in [1.82, 2.24) is 0 Å². The minimum Gasteiger partial charge on any atom is -0.478 e. The SMILES string of the molecule is O=C(O)C(=Cc1ccccc1)c1c(-c2ccccc2)ccc2ccccc12. The van der Waals surface area contributed by atoms with E-state index < -0.39 is 5.97 Å². The summed E-state index contributed by atoms with van der Waals surface area (Å²) in [4.78, 5) is 12.3. The minimum atomic E-state index is -0.938. The van der Waals surface area contributed by atoms with Gasteiger partial charge in [0.1, 0.15) is 0 Å². The summed E-state index contributed by atoms with van der Waals surface area (Å²) in [7, 11) is 0. The maximum absolute atomic E-state index is 12.3. The standard InChI is InChI=1S/C25H18O2/c26-25(27)23(17-18-9-3-1-4-10-18)24-21-14-8-7-13-20(21)15-16-22(24)19-11-5-2-6-12-19/h1-17H,(H,26,27). The van der Waals surface area contributed by atoms with Crippen molar-refractivity contribution in [3.8, 4) is 11.1 Å². The zero-order valence-corrected chi connectivity index (χ0v) is 14.7. The molecule has 2 heteroatoms. The molecule has 0 spiro atoms. The first-order valence-electron chi connectivity index (χ1n) is 8.81. The first-order valence-corrected chi connectivity index (χ1v) is 8.81. The molecule has 0 unspecified atom stereocenters. The van der Waals surface area contributed by atoms with E-state index >= 15 is 0 Å². The molecule has 0 bridgehead atoms. The summed E-state index contributed by atoms with van der Waals surface area (Å²) >= 11 is 0. The van der Waals surface area contributed by atoms with E-state index in [0.717, 1.165) is 33.0 Å². The molecule has 0 aliphatic carbocycles. The number of rotatable bonds is 4. The lowest BCUT2D eigenvalue weighted by molar-refractivity contribution is -0.130. The van der Waals surface area contributed by atoms with E-state index in [0.29, 0.717) is 0 Å². The third-order valence-corrected chi connectivity index (χ3v) is 4.62. The number of hydrogen-bond donors (Lipinski definition) is 1. The van der Waals surface area contributed by atoms with Gasteiger partial charge in [-0.25, -0.2) is 4.79 Å². The zero-order chi connectivity index (χ0) is 18.6. The van der Waals surface area contributed by atoms with E-state index in [1.807, 2.05) is 97.1 Å². The van der Waals surface area contributed by atoms with Crippen LogP contribution in [0.2, 0.25) is 0 Å². The Kier molecular flexibility index (Phi) is 4.54. The van der Waals surface area contributed by atoms with Gasteiger partial charge >= 0.3 is 5.97 Å². The molecule has 4 aromatic carbocycles.